The average Bonchev–Trinajstić information content (AvgIpc) is 2.87. The van der Waals surface area contributed by atoms with Gasteiger partial charge in [-0.1, -0.05) is 32.0 Å². The van der Waals surface area contributed by atoms with E-state index in [4.69, 9.17) is 4.74 Å². The van der Waals surface area contributed by atoms with Gasteiger partial charge in [0.05, 0.1) is 6.61 Å². The minimum absolute atomic E-state index is 0.0741. The van der Waals surface area contributed by atoms with Crippen LogP contribution in [0, 0.1) is 17.2 Å². The van der Waals surface area contributed by atoms with Crippen molar-refractivity contribution in [1.82, 2.24) is 5.32 Å². The molecular formula is C15H22FNO. The van der Waals surface area contributed by atoms with Gasteiger partial charge in [0.15, 0.2) is 0 Å². The highest BCUT2D eigenvalue weighted by Gasteiger charge is 2.58. The third-order valence-electron chi connectivity index (χ3n) is 4.14. The van der Waals surface area contributed by atoms with Crippen molar-refractivity contribution in [2.24, 2.45) is 11.3 Å². The van der Waals surface area contributed by atoms with Gasteiger partial charge in [0, 0.05) is 13.7 Å². The molecule has 1 N–H and O–H groups in total. The van der Waals surface area contributed by atoms with Crippen LogP contribution in [0.2, 0.25) is 0 Å². The SMILES string of the molecule is COCCNCC1C(c2ccccc2F)C1(C)C. The quantitative estimate of drug-likeness (QED) is 0.785. The van der Waals surface area contributed by atoms with Gasteiger partial charge in [-0.15, -0.1) is 0 Å². The molecule has 1 aromatic carbocycles. The summed E-state index contributed by atoms with van der Waals surface area (Å²) in [7, 11) is 1.70. The van der Waals surface area contributed by atoms with Gasteiger partial charge >= 0.3 is 0 Å². The number of nitrogens with one attached hydrogen (secondary N) is 1. The third kappa shape index (κ3) is 2.57. The number of hydrogen-bond donors (Lipinski definition) is 1. The normalized spacial score (nSPS) is 25.1. The van der Waals surface area contributed by atoms with Crippen LogP contribution in [0.5, 0.6) is 0 Å². The summed E-state index contributed by atoms with van der Waals surface area (Å²) in [4.78, 5) is 0. The van der Waals surface area contributed by atoms with Gasteiger partial charge in [-0.25, -0.2) is 4.39 Å². The van der Waals surface area contributed by atoms with Crippen molar-refractivity contribution in [3.8, 4) is 0 Å². The first-order valence-electron chi connectivity index (χ1n) is 6.53. The molecule has 1 saturated carbocycles. The number of rotatable bonds is 6. The van der Waals surface area contributed by atoms with Gasteiger partial charge in [-0.05, 0) is 35.4 Å². The van der Waals surface area contributed by atoms with Gasteiger partial charge in [0.1, 0.15) is 5.82 Å². The van der Waals surface area contributed by atoms with Crippen LogP contribution in [0.3, 0.4) is 0 Å². The number of benzene rings is 1. The summed E-state index contributed by atoms with van der Waals surface area (Å²) >= 11 is 0. The Balaban J connectivity index is 1.96. The molecule has 100 valence electrons. The largest absolute Gasteiger partial charge is 0.383 e. The summed E-state index contributed by atoms with van der Waals surface area (Å²) in [6, 6.07) is 7.14. The fourth-order valence-corrected chi connectivity index (χ4v) is 2.90. The summed E-state index contributed by atoms with van der Waals surface area (Å²) in [6.07, 6.45) is 0. The number of hydrogen-bond acceptors (Lipinski definition) is 2. The second-order valence-electron chi connectivity index (χ2n) is 5.62. The van der Waals surface area contributed by atoms with E-state index in [0.29, 0.717) is 11.8 Å². The van der Waals surface area contributed by atoms with Crippen LogP contribution in [0.15, 0.2) is 24.3 Å². The molecule has 0 saturated heterocycles. The van der Waals surface area contributed by atoms with Crippen molar-refractivity contribution in [3.63, 3.8) is 0 Å². The van der Waals surface area contributed by atoms with Crippen LogP contribution in [0.1, 0.15) is 25.3 Å². The van der Waals surface area contributed by atoms with Crippen LogP contribution >= 0.6 is 0 Å². The number of ether oxygens (including phenoxy) is 1. The van der Waals surface area contributed by atoms with E-state index in [1.807, 2.05) is 12.1 Å². The lowest BCUT2D eigenvalue weighted by Crippen LogP contribution is -2.22. The molecule has 0 spiro atoms. The van der Waals surface area contributed by atoms with Crippen molar-refractivity contribution in [3.05, 3.63) is 35.6 Å². The Hall–Kier alpha value is -0.930. The topological polar surface area (TPSA) is 21.3 Å². The smallest absolute Gasteiger partial charge is 0.126 e. The molecule has 0 aromatic heterocycles. The molecule has 3 heteroatoms. The predicted molar refractivity (Wildman–Crippen MR) is 71.2 cm³/mol. The molecule has 0 aliphatic heterocycles. The van der Waals surface area contributed by atoms with Crippen LogP contribution in [0.25, 0.3) is 0 Å². The molecule has 1 fully saturated rings. The first-order valence-corrected chi connectivity index (χ1v) is 6.53. The second-order valence-corrected chi connectivity index (χ2v) is 5.62. The lowest BCUT2D eigenvalue weighted by atomic mass is 10.0. The molecule has 2 rings (SSSR count). The molecule has 2 unspecified atom stereocenters. The van der Waals surface area contributed by atoms with E-state index in [-0.39, 0.29) is 11.2 Å². The van der Waals surface area contributed by atoms with Crippen molar-refractivity contribution in [2.45, 2.75) is 19.8 Å². The summed E-state index contributed by atoms with van der Waals surface area (Å²) in [5, 5.41) is 3.38. The minimum Gasteiger partial charge on any atom is -0.383 e. The highest BCUT2D eigenvalue weighted by molar-refractivity contribution is 5.32. The Morgan fingerprint density at radius 1 is 1.33 bits per heavy atom. The standard InChI is InChI=1S/C15H22FNO/c1-15(2)12(10-17-8-9-18-3)14(15)11-6-4-5-7-13(11)16/h4-7,12,14,17H,8-10H2,1-3H3. The van der Waals surface area contributed by atoms with Crippen LogP contribution in [-0.4, -0.2) is 26.8 Å². The number of halogens is 1. The highest BCUT2D eigenvalue weighted by Crippen LogP contribution is 2.64. The lowest BCUT2D eigenvalue weighted by Gasteiger charge is -2.04. The Bertz CT molecular complexity index is 405. The Kier molecular flexibility index (Phi) is 4.03. The van der Waals surface area contributed by atoms with Gasteiger partial charge in [0.25, 0.3) is 0 Å². The monoisotopic (exact) mass is 251 g/mol. The predicted octanol–water partition coefficient (Wildman–Crippen LogP) is 2.80. The van der Waals surface area contributed by atoms with Crippen molar-refractivity contribution >= 4 is 0 Å². The fraction of sp³-hybridized carbons (Fsp3) is 0.600. The van der Waals surface area contributed by atoms with E-state index < -0.39 is 0 Å². The summed E-state index contributed by atoms with van der Waals surface area (Å²) < 4.78 is 18.8. The van der Waals surface area contributed by atoms with E-state index in [2.05, 4.69) is 19.2 Å². The van der Waals surface area contributed by atoms with Gasteiger partial charge < -0.3 is 10.1 Å². The summed E-state index contributed by atoms with van der Waals surface area (Å²) in [6.45, 7) is 6.93. The number of methoxy groups -OCH3 is 1. The first kappa shape index (κ1) is 13.5. The summed E-state index contributed by atoms with van der Waals surface area (Å²) in [5.74, 6) is 0.759. The van der Waals surface area contributed by atoms with Crippen molar-refractivity contribution in [1.29, 1.82) is 0 Å². The molecular weight excluding hydrogens is 229 g/mol. The molecule has 1 aliphatic carbocycles. The Morgan fingerprint density at radius 2 is 2.06 bits per heavy atom. The van der Waals surface area contributed by atoms with Crippen molar-refractivity contribution in [2.75, 3.05) is 26.8 Å². The molecule has 1 aliphatic rings. The molecule has 2 atom stereocenters. The van der Waals surface area contributed by atoms with Crippen LogP contribution in [-0.2, 0) is 4.74 Å². The van der Waals surface area contributed by atoms with E-state index in [9.17, 15) is 4.39 Å². The summed E-state index contributed by atoms with van der Waals surface area (Å²) in [5.41, 5.74) is 1.04. The minimum atomic E-state index is -0.0741. The molecule has 0 heterocycles. The molecule has 18 heavy (non-hydrogen) atoms. The maximum Gasteiger partial charge on any atom is 0.126 e. The Labute approximate surface area is 109 Å². The molecule has 1 aromatic rings. The second kappa shape index (κ2) is 5.37. The lowest BCUT2D eigenvalue weighted by molar-refractivity contribution is 0.198. The Morgan fingerprint density at radius 3 is 2.72 bits per heavy atom. The van der Waals surface area contributed by atoms with E-state index in [1.54, 1.807) is 19.2 Å². The third-order valence-corrected chi connectivity index (χ3v) is 4.14. The average molecular weight is 251 g/mol. The van der Waals surface area contributed by atoms with E-state index >= 15 is 0 Å². The van der Waals surface area contributed by atoms with Crippen molar-refractivity contribution < 1.29 is 9.13 Å². The zero-order valence-electron chi connectivity index (χ0n) is 11.4. The molecule has 0 radical (unpaired) electrons. The van der Waals surface area contributed by atoms with Crippen LogP contribution in [0.4, 0.5) is 4.39 Å². The molecule has 0 bridgehead atoms. The molecule has 2 nitrogen and oxygen atoms in total. The first-order chi connectivity index (χ1) is 8.59. The maximum absolute atomic E-state index is 13.8. The highest BCUT2D eigenvalue weighted by atomic mass is 19.1. The zero-order chi connectivity index (χ0) is 13.2. The van der Waals surface area contributed by atoms with E-state index in [1.165, 1.54) is 0 Å². The van der Waals surface area contributed by atoms with E-state index in [0.717, 1.165) is 25.3 Å². The molecule has 0 amide bonds. The zero-order valence-corrected chi connectivity index (χ0v) is 11.4. The van der Waals surface area contributed by atoms with Gasteiger partial charge in [-0.2, -0.15) is 0 Å². The fourth-order valence-electron chi connectivity index (χ4n) is 2.90. The van der Waals surface area contributed by atoms with Gasteiger partial charge in [-0.3, -0.25) is 0 Å². The maximum atomic E-state index is 13.8. The van der Waals surface area contributed by atoms with Crippen LogP contribution < -0.4 is 5.32 Å². The van der Waals surface area contributed by atoms with Gasteiger partial charge in [0.2, 0.25) is 0 Å².